The molecular formula is C14H22BrClN4OSi. The third-order valence-electron chi connectivity index (χ3n) is 3.17. The highest BCUT2D eigenvalue weighted by Gasteiger charge is 2.16. The molecule has 1 N–H and O–H groups in total. The molecule has 0 radical (unpaired) electrons. The number of fused-ring (bicyclic) bond motifs is 1. The Morgan fingerprint density at radius 3 is 2.77 bits per heavy atom. The van der Waals surface area contributed by atoms with Crippen LogP contribution in [0.3, 0.4) is 0 Å². The lowest BCUT2D eigenvalue weighted by atomic mass is 10.3. The zero-order chi connectivity index (χ0) is 16.3. The first-order valence-electron chi connectivity index (χ1n) is 7.36. The van der Waals surface area contributed by atoms with Crippen molar-refractivity contribution < 1.29 is 4.74 Å². The summed E-state index contributed by atoms with van der Waals surface area (Å²) in [4.78, 5) is 4.38. The van der Waals surface area contributed by atoms with Crippen molar-refractivity contribution in [1.82, 2.24) is 14.8 Å². The van der Waals surface area contributed by atoms with Crippen LogP contribution in [-0.2, 0) is 11.5 Å². The molecule has 2 heterocycles. The minimum atomic E-state index is -1.08. The van der Waals surface area contributed by atoms with E-state index in [0.717, 1.165) is 40.5 Å². The third-order valence-corrected chi connectivity index (χ3v) is 5.67. The molecule has 0 aliphatic carbocycles. The predicted molar refractivity (Wildman–Crippen MR) is 98.5 cm³/mol. The van der Waals surface area contributed by atoms with Gasteiger partial charge in [0, 0.05) is 25.7 Å². The predicted octanol–water partition coefficient (Wildman–Crippen LogP) is 4.59. The van der Waals surface area contributed by atoms with Crippen molar-refractivity contribution in [3.05, 3.63) is 15.7 Å². The molecule has 0 amide bonds. The second-order valence-electron chi connectivity index (χ2n) is 6.35. The Morgan fingerprint density at radius 1 is 1.41 bits per heavy atom. The monoisotopic (exact) mass is 404 g/mol. The summed E-state index contributed by atoms with van der Waals surface area (Å²) < 4.78 is 8.50. The van der Waals surface area contributed by atoms with E-state index in [1.165, 1.54) is 0 Å². The van der Waals surface area contributed by atoms with Crippen LogP contribution in [0.15, 0.2) is 10.5 Å². The maximum atomic E-state index is 6.05. The van der Waals surface area contributed by atoms with Gasteiger partial charge >= 0.3 is 0 Å². The fraction of sp³-hybridized carbons (Fsp3) is 0.571. The summed E-state index contributed by atoms with van der Waals surface area (Å²) >= 11 is 9.59. The fourth-order valence-corrected chi connectivity index (χ4v) is 3.71. The van der Waals surface area contributed by atoms with E-state index in [4.69, 9.17) is 16.3 Å². The van der Waals surface area contributed by atoms with Gasteiger partial charge in [-0.05, 0) is 35.0 Å². The second kappa shape index (κ2) is 7.29. The fourth-order valence-electron chi connectivity index (χ4n) is 2.02. The van der Waals surface area contributed by atoms with Crippen molar-refractivity contribution in [2.24, 2.45) is 0 Å². The normalized spacial score (nSPS) is 12.1. The Bertz CT molecular complexity index is 656. The number of pyridine rings is 1. The van der Waals surface area contributed by atoms with Crippen LogP contribution >= 0.6 is 27.5 Å². The van der Waals surface area contributed by atoms with Crippen LogP contribution in [0.4, 0.5) is 5.82 Å². The highest BCUT2D eigenvalue weighted by Crippen LogP contribution is 2.30. The topological polar surface area (TPSA) is 52.0 Å². The number of nitrogens with zero attached hydrogens (tertiary/aromatic N) is 3. The number of hydrogen-bond acceptors (Lipinski definition) is 4. The zero-order valence-electron chi connectivity index (χ0n) is 13.4. The van der Waals surface area contributed by atoms with Crippen LogP contribution in [0.5, 0.6) is 0 Å². The molecule has 0 unspecified atom stereocenters. The quantitative estimate of drug-likeness (QED) is 0.416. The summed E-state index contributed by atoms with van der Waals surface area (Å²) in [5.41, 5.74) is 1.66. The maximum Gasteiger partial charge on any atom is 0.174 e. The van der Waals surface area contributed by atoms with E-state index in [9.17, 15) is 0 Å². The number of hydrogen-bond donors (Lipinski definition) is 1. The maximum absolute atomic E-state index is 6.05. The van der Waals surface area contributed by atoms with Gasteiger partial charge in [0.2, 0.25) is 0 Å². The Hall–Kier alpha value is -0.633. The SMILES string of the molecule is CCNc1nn(COCC[Si](C)(C)C)c2c(Br)cc(Cl)nc12. The highest BCUT2D eigenvalue weighted by atomic mass is 79.9. The van der Waals surface area contributed by atoms with Crippen LogP contribution in [0.1, 0.15) is 6.92 Å². The van der Waals surface area contributed by atoms with Gasteiger partial charge in [-0.3, -0.25) is 0 Å². The van der Waals surface area contributed by atoms with E-state index >= 15 is 0 Å². The molecule has 8 heteroatoms. The average Bonchev–Trinajstić information content (AvgIpc) is 2.72. The first kappa shape index (κ1) is 17.7. The van der Waals surface area contributed by atoms with Gasteiger partial charge in [-0.25, -0.2) is 9.67 Å². The van der Waals surface area contributed by atoms with Crippen LogP contribution in [-0.4, -0.2) is 36.0 Å². The second-order valence-corrected chi connectivity index (χ2v) is 13.2. The minimum absolute atomic E-state index is 0.411. The summed E-state index contributed by atoms with van der Waals surface area (Å²) in [5.74, 6) is 0.731. The molecule has 2 aromatic rings. The van der Waals surface area contributed by atoms with Crippen LogP contribution in [0.25, 0.3) is 11.0 Å². The molecule has 2 rings (SSSR count). The smallest absolute Gasteiger partial charge is 0.174 e. The number of ether oxygens (including phenoxy) is 1. The molecule has 0 aromatic carbocycles. The highest BCUT2D eigenvalue weighted by molar-refractivity contribution is 9.10. The van der Waals surface area contributed by atoms with Crippen LogP contribution < -0.4 is 5.32 Å². The van der Waals surface area contributed by atoms with Crippen molar-refractivity contribution >= 4 is 52.5 Å². The molecule has 22 heavy (non-hydrogen) atoms. The Kier molecular flexibility index (Phi) is 5.87. The van der Waals surface area contributed by atoms with Gasteiger partial charge in [-0.15, -0.1) is 0 Å². The van der Waals surface area contributed by atoms with Gasteiger partial charge in [0.25, 0.3) is 0 Å². The van der Waals surface area contributed by atoms with Gasteiger partial charge in [0.05, 0.1) is 0 Å². The lowest BCUT2D eigenvalue weighted by Crippen LogP contribution is -2.22. The van der Waals surface area contributed by atoms with E-state index in [1.807, 2.05) is 11.6 Å². The summed E-state index contributed by atoms with van der Waals surface area (Å²) in [6.07, 6.45) is 0. The van der Waals surface area contributed by atoms with E-state index in [2.05, 4.69) is 51.0 Å². The van der Waals surface area contributed by atoms with Crippen molar-refractivity contribution in [2.75, 3.05) is 18.5 Å². The molecule has 0 saturated carbocycles. The van der Waals surface area contributed by atoms with Gasteiger partial charge in [0.1, 0.15) is 22.9 Å². The molecule has 0 spiro atoms. The molecule has 0 bridgehead atoms. The van der Waals surface area contributed by atoms with E-state index in [0.29, 0.717) is 11.9 Å². The van der Waals surface area contributed by atoms with Gasteiger partial charge in [0.15, 0.2) is 5.82 Å². The summed E-state index contributed by atoms with van der Waals surface area (Å²) in [6.45, 7) is 11.0. The number of nitrogens with one attached hydrogen (secondary N) is 1. The first-order chi connectivity index (χ1) is 10.3. The summed E-state index contributed by atoms with van der Waals surface area (Å²) in [7, 11) is -1.08. The molecule has 2 aromatic heterocycles. The van der Waals surface area contributed by atoms with Crippen molar-refractivity contribution in [3.63, 3.8) is 0 Å². The Morgan fingerprint density at radius 2 is 2.14 bits per heavy atom. The largest absolute Gasteiger partial charge is 0.367 e. The summed E-state index contributed by atoms with van der Waals surface area (Å²) in [6, 6.07) is 2.91. The number of halogens is 2. The Labute approximate surface area is 145 Å². The lowest BCUT2D eigenvalue weighted by Gasteiger charge is -2.15. The van der Waals surface area contributed by atoms with Crippen molar-refractivity contribution in [2.45, 2.75) is 39.3 Å². The number of aromatic nitrogens is 3. The Balaban J connectivity index is 2.22. The molecule has 0 aliphatic rings. The first-order valence-corrected chi connectivity index (χ1v) is 12.2. The zero-order valence-corrected chi connectivity index (χ0v) is 16.8. The van der Waals surface area contributed by atoms with Crippen LogP contribution in [0, 0.1) is 0 Å². The standard InChI is InChI=1S/C14H22BrClN4OSi/c1-5-17-14-12-13(10(15)8-11(16)18-12)20(19-14)9-21-6-7-22(2,3)4/h8H,5-7,9H2,1-4H3,(H,17,19). The van der Waals surface area contributed by atoms with E-state index in [1.54, 1.807) is 6.07 Å². The lowest BCUT2D eigenvalue weighted by molar-refractivity contribution is 0.0818. The van der Waals surface area contributed by atoms with Crippen molar-refractivity contribution in [1.29, 1.82) is 0 Å². The molecular weight excluding hydrogens is 384 g/mol. The van der Waals surface area contributed by atoms with E-state index in [-0.39, 0.29) is 0 Å². The van der Waals surface area contributed by atoms with Gasteiger partial charge in [-0.1, -0.05) is 31.2 Å². The average molecular weight is 406 g/mol. The third kappa shape index (κ3) is 4.44. The number of rotatable bonds is 7. The molecule has 0 atom stereocenters. The van der Waals surface area contributed by atoms with Gasteiger partial charge < -0.3 is 10.1 Å². The molecule has 122 valence electrons. The van der Waals surface area contributed by atoms with Gasteiger partial charge in [-0.2, -0.15) is 5.10 Å². The van der Waals surface area contributed by atoms with Crippen molar-refractivity contribution in [3.8, 4) is 0 Å². The molecule has 5 nitrogen and oxygen atoms in total. The minimum Gasteiger partial charge on any atom is -0.367 e. The van der Waals surface area contributed by atoms with Crippen LogP contribution in [0.2, 0.25) is 30.8 Å². The molecule has 0 aliphatic heterocycles. The number of anilines is 1. The molecule has 0 fully saturated rings. The van der Waals surface area contributed by atoms with E-state index < -0.39 is 8.07 Å². The molecule has 0 saturated heterocycles. The summed E-state index contributed by atoms with van der Waals surface area (Å²) in [5, 5.41) is 8.22.